The lowest BCUT2D eigenvalue weighted by molar-refractivity contribution is -0.0893. The molecule has 2 nitrogen and oxygen atoms in total. The van der Waals surface area contributed by atoms with Gasteiger partial charge in [-0.3, -0.25) is 0 Å². The molecule has 0 aliphatic heterocycles. The molecule has 0 heterocycles. The smallest absolute Gasteiger partial charge is 0.311 e. The molecule has 15 heavy (non-hydrogen) atoms. The van der Waals surface area contributed by atoms with E-state index in [1.807, 2.05) is 0 Å². The van der Waals surface area contributed by atoms with Crippen LogP contribution < -0.4 is 0 Å². The summed E-state index contributed by atoms with van der Waals surface area (Å²) in [7, 11) is 0. The van der Waals surface area contributed by atoms with Crippen LogP contribution in [-0.2, 0) is 5.92 Å². The quantitative estimate of drug-likeness (QED) is 0.796. The summed E-state index contributed by atoms with van der Waals surface area (Å²) in [4.78, 5) is 0. The summed E-state index contributed by atoms with van der Waals surface area (Å²) in [5, 5.41) is 17.5. The molecule has 1 aromatic rings. The number of hydrogen-bond acceptors (Lipinski definition) is 2. The zero-order valence-electron chi connectivity index (χ0n) is 7.84. The van der Waals surface area contributed by atoms with Gasteiger partial charge in [-0.25, -0.2) is 0 Å². The van der Waals surface area contributed by atoms with Crippen molar-refractivity contribution in [2.45, 2.75) is 19.0 Å². The molecular formula is C10H8ClF2NO. The standard InChI is InChI=1S/C10H8ClF2NO/c1-6-4-7(2-3-8(6)11)10(12,13)9(15)5-14/h2-4,9,15H,1H3. The maximum absolute atomic E-state index is 13.3. The molecule has 1 unspecified atom stereocenters. The van der Waals surface area contributed by atoms with E-state index >= 15 is 0 Å². The van der Waals surface area contributed by atoms with E-state index < -0.39 is 17.6 Å². The van der Waals surface area contributed by atoms with Gasteiger partial charge < -0.3 is 5.11 Å². The molecule has 0 aromatic heterocycles. The third kappa shape index (κ3) is 2.25. The Morgan fingerprint density at radius 2 is 2.13 bits per heavy atom. The van der Waals surface area contributed by atoms with Crippen LogP contribution in [0, 0.1) is 18.3 Å². The van der Waals surface area contributed by atoms with Crippen LogP contribution in [0.5, 0.6) is 0 Å². The molecule has 0 aliphatic carbocycles. The first kappa shape index (κ1) is 11.9. The summed E-state index contributed by atoms with van der Waals surface area (Å²) >= 11 is 5.67. The number of halogens is 3. The highest BCUT2D eigenvalue weighted by Crippen LogP contribution is 2.33. The molecule has 0 bridgehead atoms. The summed E-state index contributed by atoms with van der Waals surface area (Å²) < 4.78 is 26.7. The monoisotopic (exact) mass is 231 g/mol. The first-order chi connectivity index (χ1) is 6.89. The maximum atomic E-state index is 13.3. The van der Waals surface area contributed by atoms with E-state index in [2.05, 4.69) is 0 Å². The fraction of sp³-hybridized carbons (Fsp3) is 0.300. The predicted octanol–water partition coefficient (Wildman–Crippen LogP) is 2.62. The van der Waals surface area contributed by atoms with E-state index in [1.165, 1.54) is 6.07 Å². The van der Waals surface area contributed by atoms with Crippen LogP contribution in [0.25, 0.3) is 0 Å². The van der Waals surface area contributed by atoms with Gasteiger partial charge >= 0.3 is 5.92 Å². The maximum Gasteiger partial charge on any atom is 0.311 e. The molecule has 0 saturated heterocycles. The zero-order chi connectivity index (χ0) is 11.6. The molecule has 1 N–H and O–H groups in total. The van der Waals surface area contributed by atoms with Gasteiger partial charge in [0.1, 0.15) is 6.07 Å². The van der Waals surface area contributed by atoms with Crippen molar-refractivity contribution < 1.29 is 13.9 Å². The number of aliphatic hydroxyl groups is 1. The highest BCUT2D eigenvalue weighted by molar-refractivity contribution is 6.31. The number of alkyl halides is 2. The van der Waals surface area contributed by atoms with Crippen LogP contribution in [0.15, 0.2) is 18.2 Å². The van der Waals surface area contributed by atoms with Gasteiger partial charge in [0, 0.05) is 10.6 Å². The Morgan fingerprint density at radius 3 is 2.60 bits per heavy atom. The number of nitriles is 1. The third-order valence-electron chi connectivity index (χ3n) is 2.01. The largest absolute Gasteiger partial charge is 0.373 e. The van der Waals surface area contributed by atoms with Crippen molar-refractivity contribution in [1.29, 1.82) is 5.26 Å². The third-order valence-corrected chi connectivity index (χ3v) is 2.43. The highest BCUT2D eigenvalue weighted by Gasteiger charge is 2.40. The molecule has 0 spiro atoms. The van der Waals surface area contributed by atoms with Crippen molar-refractivity contribution in [3.8, 4) is 6.07 Å². The first-order valence-corrected chi connectivity index (χ1v) is 4.49. The lowest BCUT2D eigenvalue weighted by atomic mass is 10.0. The Bertz CT molecular complexity index is 414. The van der Waals surface area contributed by atoms with E-state index in [-0.39, 0.29) is 0 Å². The van der Waals surface area contributed by atoms with Crippen LogP contribution in [0.3, 0.4) is 0 Å². The number of hydrogen-bond donors (Lipinski definition) is 1. The zero-order valence-corrected chi connectivity index (χ0v) is 8.59. The van der Waals surface area contributed by atoms with Gasteiger partial charge in [-0.15, -0.1) is 0 Å². The molecule has 0 amide bonds. The highest BCUT2D eigenvalue weighted by atomic mass is 35.5. The number of benzene rings is 1. The Morgan fingerprint density at radius 1 is 1.53 bits per heavy atom. The molecule has 80 valence electrons. The number of rotatable bonds is 2. The Kier molecular flexibility index (Phi) is 3.28. The van der Waals surface area contributed by atoms with Crippen LogP contribution in [0.2, 0.25) is 5.02 Å². The van der Waals surface area contributed by atoms with Crippen LogP contribution in [-0.4, -0.2) is 11.2 Å². The summed E-state index contributed by atoms with van der Waals surface area (Å²) in [6.45, 7) is 1.57. The minimum absolute atomic E-state index is 0.362. The van der Waals surface area contributed by atoms with E-state index in [1.54, 1.807) is 6.92 Å². The molecule has 0 saturated carbocycles. The van der Waals surface area contributed by atoms with E-state index in [0.717, 1.165) is 18.2 Å². The van der Waals surface area contributed by atoms with E-state index in [4.69, 9.17) is 22.0 Å². The van der Waals surface area contributed by atoms with Gasteiger partial charge in [-0.05, 0) is 24.6 Å². The van der Waals surface area contributed by atoms with Crippen molar-refractivity contribution in [1.82, 2.24) is 0 Å². The van der Waals surface area contributed by atoms with E-state index in [0.29, 0.717) is 10.6 Å². The van der Waals surface area contributed by atoms with Crippen molar-refractivity contribution in [2.24, 2.45) is 0 Å². The Balaban J connectivity index is 3.17. The summed E-state index contributed by atoms with van der Waals surface area (Å²) in [5.74, 6) is -3.58. The van der Waals surface area contributed by atoms with Gasteiger partial charge in [0.15, 0.2) is 0 Å². The second kappa shape index (κ2) is 4.13. The molecule has 0 aliphatic rings. The second-order valence-corrected chi connectivity index (χ2v) is 3.53. The van der Waals surface area contributed by atoms with Crippen molar-refractivity contribution >= 4 is 11.6 Å². The second-order valence-electron chi connectivity index (χ2n) is 3.12. The molecule has 1 aromatic carbocycles. The fourth-order valence-corrected chi connectivity index (χ4v) is 1.21. The molecule has 1 atom stereocenters. The van der Waals surface area contributed by atoms with Crippen molar-refractivity contribution in [3.05, 3.63) is 34.3 Å². The topological polar surface area (TPSA) is 44.0 Å². The number of nitrogens with zero attached hydrogens (tertiary/aromatic N) is 1. The molecule has 5 heteroatoms. The van der Waals surface area contributed by atoms with Crippen molar-refractivity contribution in [3.63, 3.8) is 0 Å². The average molecular weight is 232 g/mol. The summed E-state index contributed by atoms with van der Waals surface area (Å²) in [6, 6.07) is 4.67. The summed E-state index contributed by atoms with van der Waals surface area (Å²) in [5.41, 5.74) is 0.0532. The lowest BCUT2D eigenvalue weighted by Crippen LogP contribution is -2.29. The molecule has 0 fully saturated rings. The normalized spacial score (nSPS) is 13.3. The van der Waals surface area contributed by atoms with E-state index in [9.17, 15) is 8.78 Å². The predicted molar refractivity (Wildman–Crippen MR) is 51.7 cm³/mol. The minimum atomic E-state index is -3.58. The molecule has 0 radical (unpaired) electrons. The number of aliphatic hydroxyl groups excluding tert-OH is 1. The average Bonchev–Trinajstić information content (AvgIpc) is 2.20. The lowest BCUT2D eigenvalue weighted by Gasteiger charge is -2.18. The Hall–Kier alpha value is -1.18. The molecular weight excluding hydrogens is 224 g/mol. The van der Waals surface area contributed by atoms with Crippen LogP contribution >= 0.6 is 11.6 Å². The molecule has 1 rings (SSSR count). The first-order valence-electron chi connectivity index (χ1n) is 4.11. The van der Waals surface area contributed by atoms with Crippen LogP contribution in [0.4, 0.5) is 8.78 Å². The van der Waals surface area contributed by atoms with Gasteiger partial charge in [-0.1, -0.05) is 17.7 Å². The van der Waals surface area contributed by atoms with Crippen LogP contribution in [0.1, 0.15) is 11.1 Å². The fourth-order valence-electron chi connectivity index (χ4n) is 1.09. The van der Waals surface area contributed by atoms with Crippen molar-refractivity contribution in [2.75, 3.05) is 0 Å². The minimum Gasteiger partial charge on any atom is -0.373 e. The summed E-state index contributed by atoms with van der Waals surface area (Å²) in [6.07, 6.45) is -2.35. The Labute approximate surface area is 90.7 Å². The van der Waals surface area contributed by atoms with Gasteiger partial charge in [0.2, 0.25) is 6.10 Å². The van der Waals surface area contributed by atoms with Gasteiger partial charge in [0.25, 0.3) is 0 Å². The van der Waals surface area contributed by atoms with Gasteiger partial charge in [0.05, 0.1) is 0 Å². The van der Waals surface area contributed by atoms with Gasteiger partial charge in [-0.2, -0.15) is 14.0 Å². The number of aryl methyl sites for hydroxylation is 1. The SMILES string of the molecule is Cc1cc(C(F)(F)C(O)C#N)ccc1Cl.